The summed E-state index contributed by atoms with van der Waals surface area (Å²) in [7, 11) is 1.35. The highest BCUT2D eigenvalue weighted by atomic mass is 79.9. The molecule has 0 amide bonds. The predicted molar refractivity (Wildman–Crippen MR) is 73.5 cm³/mol. The van der Waals surface area contributed by atoms with Crippen molar-refractivity contribution in [2.45, 2.75) is 13.0 Å². The molecule has 0 aliphatic heterocycles. The molecule has 0 saturated heterocycles. The van der Waals surface area contributed by atoms with Crippen LogP contribution in [0.1, 0.15) is 15.8 Å². The molecule has 1 rings (SSSR count). The van der Waals surface area contributed by atoms with Gasteiger partial charge in [-0.2, -0.15) is 0 Å². The van der Waals surface area contributed by atoms with Gasteiger partial charge >= 0.3 is 5.97 Å². The number of aryl methyl sites for hydroxylation is 1. The van der Waals surface area contributed by atoms with Crippen LogP contribution in [0, 0.1) is 6.92 Å². The van der Waals surface area contributed by atoms with Gasteiger partial charge in [-0.15, -0.1) is 11.3 Å². The van der Waals surface area contributed by atoms with E-state index in [9.17, 15) is 4.79 Å². The normalized spacial score (nSPS) is 11.7. The van der Waals surface area contributed by atoms with Gasteiger partial charge in [-0.3, -0.25) is 5.32 Å². The van der Waals surface area contributed by atoms with Crippen LogP contribution in [0.2, 0.25) is 0 Å². The fourth-order valence-electron chi connectivity index (χ4n) is 1.35. The maximum absolute atomic E-state index is 11.7. The van der Waals surface area contributed by atoms with Crippen LogP contribution in [0.25, 0.3) is 10.4 Å². The number of methoxy groups -OCH3 is 1. The molecule has 0 radical (unpaired) electrons. The Bertz CT molecular complexity index is 451. The Hall–Kier alpha value is -1.08. The van der Waals surface area contributed by atoms with Crippen molar-refractivity contribution >= 4 is 33.2 Å². The number of carbonyl (C=O) groups is 1. The molecular formula is C10H13BrN4O2S. The standard InChI is InChI=1S/C10H13BrN4O2S/c1-6-7(11)5-8(18-6)9(10(16)17-2)13-3-4-14-15-12/h5,9,13H,3-4H2,1-2H3. The minimum atomic E-state index is -0.529. The molecule has 0 fully saturated rings. The zero-order valence-electron chi connectivity index (χ0n) is 10.0. The number of esters is 1. The van der Waals surface area contributed by atoms with Crippen LogP contribution in [0.5, 0.6) is 0 Å². The van der Waals surface area contributed by atoms with Crippen LogP contribution < -0.4 is 5.32 Å². The second kappa shape index (κ2) is 7.38. The Balaban J connectivity index is 2.78. The summed E-state index contributed by atoms with van der Waals surface area (Å²) in [6.45, 7) is 2.67. The fourth-order valence-corrected chi connectivity index (χ4v) is 2.97. The lowest BCUT2D eigenvalue weighted by atomic mass is 10.2. The first-order valence-electron chi connectivity index (χ1n) is 5.18. The summed E-state index contributed by atoms with van der Waals surface area (Å²) in [4.78, 5) is 16.3. The number of rotatable bonds is 6. The Morgan fingerprint density at radius 3 is 3.00 bits per heavy atom. The Labute approximate surface area is 117 Å². The van der Waals surface area contributed by atoms with E-state index in [0.717, 1.165) is 14.2 Å². The van der Waals surface area contributed by atoms with Gasteiger partial charge in [-0.25, -0.2) is 4.79 Å². The van der Waals surface area contributed by atoms with E-state index in [1.54, 1.807) is 0 Å². The van der Waals surface area contributed by atoms with Crippen LogP contribution in [-0.4, -0.2) is 26.2 Å². The zero-order chi connectivity index (χ0) is 13.5. The molecule has 1 unspecified atom stereocenters. The SMILES string of the molecule is COC(=O)C(NCCN=[N+]=[N-])c1cc(Br)c(C)s1. The van der Waals surface area contributed by atoms with E-state index >= 15 is 0 Å². The molecule has 1 heterocycles. The summed E-state index contributed by atoms with van der Waals surface area (Å²) in [5.41, 5.74) is 8.18. The van der Waals surface area contributed by atoms with E-state index in [0.29, 0.717) is 6.54 Å². The molecule has 0 saturated carbocycles. The smallest absolute Gasteiger partial charge is 0.328 e. The van der Waals surface area contributed by atoms with Crippen molar-refractivity contribution in [2.24, 2.45) is 5.11 Å². The molecule has 0 bridgehead atoms. The molecule has 8 heteroatoms. The molecule has 1 aromatic rings. The number of nitrogens with zero attached hydrogens (tertiary/aromatic N) is 3. The first-order valence-corrected chi connectivity index (χ1v) is 6.79. The van der Waals surface area contributed by atoms with Gasteiger partial charge in [-0.1, -0.05) is 5.11 Å². The van der Waals surface area contributed by atoms with Gasteiger partial charge in [0.2, 0.25) is 0 Å². The summed E-state index contributed by atoms with van der Waals surface area (Å²) in [6, 6.07) is 1.36. The van der Waals surface area contributed by atoms with Crippen LogP contribution in [-0.2, 0) is 9.53 Å². The van der Waals surface area contributed by atoms with E-state index in [1.165, 1.54) is 18.4 Å². The summed E-state index contributed by atoms with van der Waals surface area (Å²) in [5.74, 6) is -0.357. The molecule has 0 spiro atoms. The molecule has 1 N–H and O–H groups in total. The van der Waals surface area contributed by atoms with Crippen LogP contribution in [0.4, 0.5) is 0 Å². The van der Waals surface area contributed by atoms with Crippen molar-refractivity contribution in [3.63, 3.8) is 0 Å². The third-order valence-corrected chi connectivity index (χ3v) is 4.42. The van der Waals surface area contributed by atoms with E-state index < -0.39 is 6.04 Å². The molecule has 1 aromatic heterocycles. The van der Waals surface area contributed by atoms with Crippen LogP contribution in [0.3, 0.4) is 0 Å². The lowest BCUT2D eigenvalue weighted by Crippen LogP contribution is -2.30. The number of ether oxygens (including phenoxy) is 1. The molecule has 18 heavy (non-hydrogen) atoms. The number of thiophene rings is 1. The van der Waals surface area contributed by atoms with Crippen LogP contribution in [0.15, 0.2) is 15.7 Å². The number of hydrogen-bond donors (Lipinski definition) is 1. The van der Waals surface area contributed by atoms with Crippen molar-refractivity contribution in [3.8, 4) is 0 Å². The second-order valence-electron chi connectivity index (χ2n) is 3.42. The fraction of sp³-hybridized carbons (Fsp3) is 0.500. The molecule has 98 valence electrons. The number of hydrogen-bond acceptors (Lipinski definition) is 5. The Morgan fingerprint density at radius 1 is 1.78 bits per heavy atom. The summed E-state index contributed by atoms with van der Waals surface area (Å²) >= 11 is 4.93. The number of carbonyl (C=O) groups excluding carboxylic acids is 1. The summed E-state index contributed by atoms with van der Waals surface area (Å²) in [5, 5.41) is 6.42. The summed E-state index contributed by atoms with van der Waals surface area (Å²) < 4.78 is 5.73. The van der Waals surface area contributed by atoms with Gasteiger partial charge in [0.1, 0.15) is 6.04 Å². The predicted octanol–water partition coefficient (Wildman–Crippen LogP) is 2.93. The molecule has 1 atom stereocenters. The van der Waals surface area contributed by atoms with Gasteiger partial charge in [0.05, 0.1) is 7.11 Å². The maximum Gasteiger partial charge on any atom is 0.328 e. The molecule has 0 aromatic carbocycles. The number of halogens is 1. The Kier molecular flexibility index (Phi) is 6.14. The van der Waals surface area contributed by atoms with E-state index in [4.69, 9.17) is 10.3 Å². The van der Waals surface area contributed by atoms with Gasteiger partial charge in [0.15, 0.2) is 0 Å². The minimum Gasteiger partial charge on any atom is -0.468 e. The van der Waals surface area contributed by atoms with Crippen molar-refractivity contribution in [3.05, 3.63) is 30.7 Å². The average Bonchev–Trinajstić information content (AvgIpc) is 2.68. The lowest BCUT2D eigenvalue weighted by Gasteiger charge is -2.14. The van der Waals surface area contributed by atoms with Crippen LogP contribution >= 0.6 is 27.3 Å². The quantitative estimate of drug-likeness (QED) is 0.285. The van der Waals surface area contributed by atoms with Gasteiger partial charge in [-0.05, 0) is 34.5 Å². The van der Waals surface area contributed by atoms with Crippen molar-refractivity contribution in [1.29, 1.82) is 0 Å². The third kappa shape index (κ3) is 3.99. The topological polar surface area (TPSA) is 87.1 Å². The number of nitrogens with one attached hydrogen (secondary N) is 1. The molecule has 0 aliphatic carbocycles. The number of azide groups is 1. The first kappa shape index (κ1) is 15.0. The van der Waals surface area contributed by atoms with E-state index in [-0.39, 0.29) is 12.5 Å². The third-order valence-electron chi connectivity index (χ3n) is 2.22. The largest absolute Gasteiger partial charge is 0.468 e. The van der Waals surface area contributed by atoms with Crippen molar-refractivity contribution in [2.75, 3.05) is 20.2 Å². The second-order valence-corrected chi connectivity index (χ2v) is 5.56. The monoisotopic (exact) mass is 332 g/mol. The first-order chi connectivity index (χ1) is 8.60. The molecule has 0 aliphatic rings. The van der Waals surface area contributed by atoms with Crippen molar-refractivity contribution in [1.82, 2.24) is 5.32 Å². The molecular weight excluding hydrogens is 320 g/mol. The van der Waals surface area contributed by atoms with Gasteiger partial charge in [0, 0.05) is 32.2 Å². The highest BCUT2D eigenvalue weighted by Gasteiger charge is 2.23. The van der Waals surface area contributed by atoms with E-state index in [2.05, 4.69) is 31.3 Å². The lowest BCUT2D eigenvalue weighted by molar-refractivity contribution is -0.143. The van der Waals surface area contributed by atoms with Gasteiger partial charge in [0.25, 0.3) is 0 Å². The summed E-state index contributed by atoms with van der Waals surface area (Å²) in [6.07, 6.45) is 0. The maximum atomic E-state index is 11.7. The Morgan fingerprint density at radius 2 is 2.50 bits per heavy atom. The van der Waals surface area contributed by atoms with Gasteiger partial charge < -0.3 is 4.74 Å². The highest BCUT2D eigenvalue weighted by molar-refractivity contribution is 9.10. The highest BCUT2D eigenvalue weighted by Crippen LogP contribution is 2.31. The van der Waals surface area contributed by atoms with Crippen molar-refractivity contribution < 1.29 is 9.53 Å². The van der Waals surface area contributed by atoms with E-state index in [1.807, 2.05) is 13.0 Å². The average molecular weight is 333 g/mol. The minimum absolute atomic E-state index is 0.287. The zero-order valence-corrected chi connectivity index (χ0v) is 12.4. The molecule has 6 nitrogen and oxygen atoms in total.